The van der Waals surface area contributed by atoms with Gasteiger partial charge < -0.3 is 14.7 Å². The molecular weight excluding hydrogens is 234 g/mol. The van der Waals surface area contributed by atoms with Gasteiger partial charge in [-0.1, -0.05) is 26.8 Å². The van der Waals surface area contributed by atoms with Crippen LogP contribution in [-0.4, -0.2) is 41.3 Å². The zero-order valence-corrected chi connectivity index (χ0v) is 11.4. The van der Waals surface area contributed by atoms with Gasteiger partial charge in [-0.2, -0.15) is 0 Å². The molecule has 1 N–H and O–H groups in total. The first kappa shape index (κ1) is 14.5. The van der Waals surface area contributed by atoms with E-state index >= 15 is 0 Å². The second-order valence-corrected chi connectivity index (χ2v) is 5.64. The lowest BCUT2D eigenvalue weighted by atomic mass is 9.90. The van der Waals surface area contributed by atoms with Gasteiger partial charge in [0.2, 0.25) is 0 Å². The first-order chi connectivity index (χ1) is 8.21. The molecule has 0 aromatic rings. The molecule has 1 unspecified atom stereocenters. The van der Waals surface area contributed by atoms with Crippen LogP contribution in [0.2, 0.25) is 0 Å². The number of esters is 1. The minimum absolute atomic E-state index is 0.116. The summed E-state index contributed by atoms with van der Waals surface area (Å²) in [5.74, 6) is -0.414. The fourth-order valence-corrected chi connectivity index (χ4v) is 1.47. The number of carbonyl (C=O) groups is 2. The Morgan fingerprint density at radius 2 is 2.06 bits per heavy atom. The molecule has 0 bridgehead atoms. The van der Waals surface area contributed by atoms with E-state index in [-0.39, 0.29) is 18.1 Å². The van der Waals surface area contributed by atoms with Crippen LogP contribution in [0, 0.1) is 5.41 Å². The Kier molecular flexibility index (Phi) is 4.38. The number of amides is 1. The van der Waals surface area contributed by atoms with Gasteiger partial charge in [0.15, 0.2) is 0 Å². The highest BCUT2D eigenvalue weighted by Crippen LogP contribution is 2.23. The third-order valence-corrected chi connectivity index (χ3v) is 3.19. The quantitative estimate of drug-likeness (QED) is 0.769. The fraction of sp³-hybridized carbons (Fsp3) is 0.692. The van der Waals surface area contributed by atoms with Crippen molar-refractivity contribution in [3.05, 3.63) is 11.6 Å². The highest BCUT2D eigenvalue weighted by Gasteiger charge is 2.27. The number of nitrogens with zero attached hydrogens (tertiary/aromatic N) is 1. The number of hydrogen-bond acceptors (Lipinski definition) is 3. The van der Waals surface area contributed by atoms with Crippen LogP contribution >= 0.6 is 0 Å². The van der Waals surface area contributed by atoms with Crippen molar-refractivity contribution in [3.8, 4) is 0 Å². The molecule has 102 valence electrons. The molecule has 5 heteroatoms. The second kappa shape index (κ2) is 5.42. The maximum atomic E-state index is 11.9. The minimum atomic E-state index is -1.00. The van der Waals surface area contributed by atoms with Crippen LogP contribution in [0.25, 0.3) is 0 Å². The van der Waals surface area contributed by atoms with Gasteiger partial charge in [-0.15, -0.1) is 0 Å². The standard InChI is InChI=1S/C13H21NO4/c1-9(13(2,3)4)18-11(15)10-6-5-7-14(8-10)12(16)17/h6,9H,5,7-8H2,1-4H3,(H,16,17). The van der Waals surface area contributed by atoms with E-state index in [1.807, 2.05) is 27.7 Å². The van der Waals surface area contributed by atoms with Crippen LogP contribution in [-0.2, 0) is 9.53 Å². The summed E-state index contributed by atoms with van der Waals surface area (Å²) in [5, 5.41) is 8.90. The summed E-state index contributed by atoms with van der Waals surface area (Å²) in [6.07, 6.45) is 1.10. The van der Waals surface area contributed by atoms with Crippen LogP contribution in [0.1, 0.15) is 34.1 Å². The zero-order valence-electron chi connectivity index (χ0n) is 11.4. The second-order valence-electron chi connectivity index (χ2n) is 5.64. The number of ether oxygens (including phenoxy) is 1. The molecule has 0 saturated heterocycles. The summed E-state index contributed by atoms with van der Waals surface area (Å²) in [4.78, 5) is 24.0. The zero-order chi connectivity index (χ0) is 13.9. The van der Waals surface area contributed by atoms with Gasteiger partial charge >= 0.3 is 12.1 Å². The summed E-state index contributed by atoms with van der Waals surface area (Å²) in [5.41, 5.74) is 0.303. The Morgan fingerprint density at radius 3 is 2.56 bits per heavy atom. The van der Waals surface area contributed by atoms with E-state index in [1.165, 1.54) is 4.90 Å². The Hall–Kier alpha value is -1.52. The van der Waals surface area contributed by atoms with E-state index < -0.39 is 12.1 Å². The number of carboxylic acid groups (broad SMARTS) is 1. The summed E-state index contributed by atoms with van der Waals surface area (Å²) in [7, 11) is 0. The largest absolute Gasteiger partial charge is 0.465 e. The average molecular weight is 255 g/mol. The molecule has 1 aliphatic rings. The number of hydrogen-bond donors (Lipinski definition) is 1. The molecule has 0 radical (unpaired) electrons. The van der Waals surface area contributed by atoms with Gasteiger partial charge in [0.05, 0.1) is 12.1 Å². The van der Waals surface area contributed by atoms with Crippen LogP contribution in [0.15, 0.2) is 11.6 Å². The van der Waals surface area contributed by atoms with Crippen molar-refractivity contribution >= 4 is 12.1 Å². The molecule has 1 atom stereocenters. The summed E-state index contributed by atoms with van der Waals surface area (Å²) < 4.78 is 5.36. The summed E-state index contributed by atoms with van der Waals surface area (Å²) in [6.45, 7) is 8.36. The van der Waals surface area contributed by atoms with Crippen molar-refractivity contribution < 1.29 is 19.4 Å². The number of rotatable bonds is 2. The van der Waals surface area contributed by atoms with Crippen LogP contribution < -0.4 is 0 Å². The lowest BCUT2D eigenvalue weighted by molar-refractivity contribution is -0.148. The van der Waals surface area contributed by atoms with Gasteiger partial charge in [-0.05, 0) is 18.8 Å². The highest BCUT2D eigenvalue weighted by atomic mass is 16.5. The fourth-order valence-electron chi connectivity index (χ4n) is 1.47. The molecule has 0 fully saturated rings. The summed E-state index contributed by atoms with van der Waals surface area (Å²) >= 11 is 0. The van der Waals surface area contributed by atoms with Crippen molar-refractivity contribution in [1.29, 1.82) is 0 Å². The van der Waals surface area contributed by atoms with Crippen molar-refractivity contribution in [2.45, 2.75) is 40.2 Å². The highest BCUT2D eigenvalue weighted by molar-refractivity contribution is 5.90. The van der Waals surface area contributed by atoms with Crippen molar-refractivity contribution in [2.75, 3.05) is 13.1 Å². The molecular formula is C13H21NO4. The van der Waals surface area contributed by atoms with Crippen molar-refractivity contribution in [2.24, 2.45) is 5.41 Å². The molecule has 0 aromatic carbocycles. The predicted octanol–water partition coefficient (Wildman–Crippen LogP) is 2.27. The van der Waals surface area contributed by atoms with Crippen LogP contribution in [0.3, 0.4) is 0 Å². The van der Waals surface area contributed by atoms with E-state index in [0.717, 1.165) is 0 Å². The third kappa shape index (κ3) is 3.75. The molecule has 5 nitrogen and oxygen atoms in total. The lowest BCUT2D eigenvalue weighted by Crippen LogP contribution is -2.38. The van der Waals surface area contributed by atoms with E-state index in [4.69, 9.17) is 9.84 Å². The molecule has 0 spiro atoms. The van der Waals surface area contributed by atoms with Crippen LogP contribution in [0.5, 0.6) is 0 Å². The minimum Gasteiger partial charge on any atom is -0.465 e. The Balaban J connectivity index is 2.63. The topological polar surface area (TPSA) is 66.8 Å². The molecule has 1 aliphatic heterocycles. The van der Waals surface area contributed by atoms with Crippen LogP contribution in [0.4, 0.5) is 4.79 Å². The molecule has 1 rings (SSSR count). The van der Waals surface area contributed by atoms with Gasteiger partial charge in [0, 0.05) is 6.54 Å². The summed E-state index contributed by atoms with van der Waals surface area (Å²) in [6, 6.07) is 0. The lowest BCUT2D eigenvalue weighted by Gasteiger charge is -2.29. The maximum Gasteiger partial charge on any atom is 0.407 e. The number of carbonyl (C=O) groups excluding carboxylic acids is 1. The molecule has 18 heavy (non-hydrogen) atoms. The predicted molar refractivity (Wildman–Crippen MR) is 67.3 cm³/mol. The molecule has 0 aliphatic carbocycles. The van der Waals surface area contributed by atoms with E-state index in [1.54, 1.807) is 6.08 Å². The first-order valence-electron chi connectivity index (χ1n) is 6.09. The van der Waals surface area contributed by atoms with E-state index in [2.05, 4.69) is 0 Å². The molecule has 0 saturated carbocycles. The Labute approximate surface area is 107 Å². The average Bonchev–Trinajstić information content (AvgIpc) is 2.27. The Morgan fingerprint density at radius 1 is 1.44 bits per heavy atom. The normalized spacial score (nSPS) is 18.0. The van der Waals surface area contributed by atoms with E-state index in [0.29, 0.717) is 18.5 Å². The Bertz CT molecular complexity index is 368. The first-order valence-corrected chi connectivity index (χ1v) is 6.09. The molecule has 0 aromatic heterocycles. The van der Waals surface area contributed by atoms with Crippen molar-refractivity contribution in [1.82, 2.24) is 4.90 Å². The monoisotopic (exact) mass is 255 g/mol. The molecule has 1 amide bonds. The van der Waals surface area contributed by atoms with Gasteiger partial charge in [-0.25, -0.2) is 9.59 Å². The third-order valence-electron chi connectivity index (χ3n) is 3.19. The SMILES string of the molecule is CC(OC(=O)C1=CCCN(C(=O)O)C1)C(C)(C)C. The van der Waals surface area contributed by atoms with Gasteiger partial charge in [0.1, 0.15) is 6.10 Å². The van der Waals surface area contributed by atoms with Gasteiger partial charge in [0.25, 0.3) is 0 Å². The van der Waals surface area contributed by atoms with Crippen molar-refractivity contribution in [3.63, 3.8) is 0 Å². The smallest absolute Gasteiger partial charge is 0.407 e. The van der Waals surface area contributed by atoms with Gasteiger partial charge in [-0.3, -0.25) is 0 Å². The van der Waals surface area contributed by atoms with E-state index in [9.17, 15) is 9.59 Å². The maximum absolute atomic E-state index is 11.9. The molecule has 1 heterocycles.